The van der Waals surface area contributed by atoms with E-state index in [0.29, 0.717) is 12.1 Å². The van der Waals surface area contributed by atoms with Gasteiger partial charge in [0.1, 0.15) is 0 Å². The highest BCUT2D eigenvalue weighted by Gasteiger charge is 2.43. The number of nitrogens with zero attached hydrogens (tertiary/aromatic N) is 2. The predicted molar refractivity (Wildman–Crippen MR) is 129 cm³/mol. The highest BCUT2D eigenvalue weighted by molar-refractivity contribution is 5.00. The van der Waals surface area contributed by atoms with Crippen LogP contribution < -0.4 is 22.3 Å². The van der Waals surface area contributed by atoms with E-state index < -0.39 is 0 Å². The molecule has 6 N–H and O–H groups in total. The van der Waals surface area contributed by atoms with Gasteiger partial charge in [0.15, 0.2) is 0 Å². The molecule has 0 aromatic rings. The average Bonchev–Trinajstić information content (AvgIpc) is 2.55. The molecule has 0 aromatic heterocycles. The Morgan fingerprint density at radius 1 is 0.833 bits per heavy atom. The van der Waals surface area contributed by atoms with Crippen LogP contribution in [0.2, 0.25) is 0 Å². The van der Waals surface area contributed by atoms with Crippen molar-refractivity contribution in [2.45, 2.75) is 141 Å². The maximum absolute atomic E-state index is 6.47. The quantitative estimate of drug-likeness (QED) is 0.258. The second-order valence-corrected chi connectivity index (χ2v) is 12.7. The molecule has 2 aliphatic heterocycles. The van der Waals surface area contributed by atoms with E-state index >= 15 is 0 Å². The summed E-state index contributed by atoms with van der Waals surface area (Å²) in [6, 6.07) is 1.03. The van der Waals surface area contributed by atoms with Crippen molar-refractivity contribution in [2.75, 3.05) is 13.1 Å². The molecule has 30 heavy (non-hydrogen) atoms. The molecular weight excluding hydrogens is 372 g/mol. The third-order valence-corrected chi connectivity index (χ3v) is 7.21. The molecule has 0 spiro atoms. The summed E-state index contributed by atoms with van der Waals surface area (Å²) in [4.78, 5) is 0. The fourth-order valence-corrected chi connectivity index (χ4v) is 6.20. The Bertz CT molecular complexity index is 508. The van der Waals surface area contributed by atoms with Crippen LogP contribution in [0, 0.1) is 0 Å². The van der Waals surface area contributed by atoms with Crippen molar-refractivity contribution in [3.63, 3.8) is 0 Å². The summed E-state index contributed by atoms with van der Waals surface area (Å²) in [6.07, 6.45) is 9.40. The zero-order chi connectivity index (χ0) is 22.8. The van der Waals surface area contributed by atoms with Crippen molar-refractivity contribution in [1.29, 1.82) is 0 Å². The van der Waals surface area contributed by atoms with E-state index in [9.17, 15) is 0 Å². The topological polar surface area (TPSA) is 82.6 Å². The molecule has 0 saturated carbocycles. The third kappa shape index (κ3) is 7.42. The van der Waals surface area contributed by atoms with Crippen LogP contribution in [0.1, 0.15) is 107 Å². The minimum absolute atomic E-state index is 0.0434. The lowest BCUT2D eigenvalue weighted by Gasteiger charge is -2.53. The standard InChI is InChI=1S/C24H52N6/c1-21(2)17-20(18-22(3,4)28-21)29(25)14-12-10-9-11-13-27-19-15-23(5,6)30(26)24(7,8)16-19/h19-20,27-28H,9-18,25-26H2,1-8H3. The molecule has 2 aliphatic rings. The largest absolute Gasteiger partial charge is 0.314 e. The van der Waals surface area contributed by atoms with Gasteiger partial charge in [-0.15, -0.1) is 0 Å². The van der Waals surface area contributed by atoms with Crippen molar-refractivity contribution in [1.82, 2.24) is 20.7 Å². The molecule has 0 radical (unpaired) electrons. The van der Waals surface area contributed by atoms with Crippen LogP contribution in [0.15, 0.2) is 0 Å². The lowest BCUT2D eigenvalue weighted by molar-refractivity contribution is -0.0418. The molecule has 0 atom stereocenters. The van der Waals surface area contributed by atoms with Gasteiger partial charge in [0.2, 0.25) is 0 Å². The zero-order valence-corrected chi connectivity index (χ0v) is 21.3. The predicted octanol–water partition coefficient (Wildman–Crippen LogP) is 3.52. The van der Waals surface area contributed by atoms with Crippen molar-refractivity contribution in [3.05, 3.63) is 0 Å². The minimum Gasteiger partial charge on any atom is -0.314 e. The number of nitrogens with two attached hydrogens (primary N) is 2. The fraction of sp³-hybridized carbons (Fsp3) is 1.00. The molecule has 6 heteroatoms. The van der Waals surface area contributed by atoms with Crippen LogP contribution >= 0.6 is 0 Å². The van der Waals surface area contributed by atoms with Crippen LogP contribution in [-0.2, 0) is 0 Å². The summed E-state index contributed by atoms with van der Waals surface area (Å²) >= 11 is 0. The third-order valence-electron chi connectivity index (χ3n) is 7.21. The molecule has 178 valence electrons. The summed E-state index contributed by atoms with van der Waals surface area (Å²) < 4.78 is 0. The first kappa shape index (κ1) is 26.0. The molecule has 2 rings (SSSR count). The van der Waals surface area contributed by atoms with E-state index in [1.54, 1.807) is 0 Å². The molecule has 0 unspecified atom stereocenters. The number of hydrogen-bond acceptors (Lipinski definition) is 6. The van der Waals surface area contributed by atoms with Gasteiger partial charge in [0.05, 0.1) is 0 Å². The van der Waals surface area contributed by atoms with Gasteiger partial charge in [-0.05, 0) is 100 Å². The SMILES string of the molecule is CC1(C)CC(N(N)CCCCCCNC2CC(C)(C)N(N)C(C)(C)C2)CC(C)(C)N1. The second kappa shape index (κ2) is 9.72. The van der Waals surface area contributed by atoms with Gasteiger partial charge in [0, 0.05) is 40.8 Å². The first-order valence-corrected chi connectivity index (χ1v) is 12.2. The number of nitrogens with one attached hydrogen (secondary N) is 2. The fourth-order valence-electron chi connectivity index (χ4n) is 6.20. The number of rotatable bonds is 9. The summed E-state index contributed by atoms with van der Waals surface area (Å²) in [5, 5.41) is 11.7. The first-order chi connectivity index (χ1) is 13.6. The molecule has 0 aliphatic carbocycles. The van der Waals surface area contributed by atoms with Gasteiger partial charge in [0.25, 0.3) is 0 Å². The molecule has 2 saturated heterocycles. The number of hydrazine groups is 2. The Hall–Kier alpha value is -0.240. The monoisotopic (exact) mass is 424 g/mol. The van der Waals surface area contributed by atoms with Gasteiger partial charge in [-0.2, -0.15) is 0 Å². The van der Waals surface area contributed by atoms with Crippen LogP contribution in [0.3, 0.4) is 0 Å². The van der Waals surface area contributed by atoms with E-state index in [2.05, 4.69) is 76.0 Å². The summed E-state index contributed by atoms with van der Waals surface area (Å²) in [6.45, 7) is 20.3. The average molecular weight is 425 g/mol. The number of piperidine rings is 2. The maximum Gasteiger partial charge on any atom is 0.0316 e. The van der Waals surface area contributed by atoms with Crippen molar-refractivity contribution >= 4 is 0 Å². The van der Waals surface area contributed by atoms with E-state index in [0.717, 1.165) is 38.8 Å². The van der Waals surface area contributed by atoms with Gasteiger partial charge < -0.3 is 10.6 Å². The van der Waals surface area contributed by atoms with E-state index in [4.69, 9.17) is 11.7 Å². The summed E-state index contributed by atoms with van der Waals surface area (Å²) in [7, 11) is 0. The molecule has 6 nitrogen and oxygen atoms in total. The molecule has 0 aromatic carbocycles. The molecule has 0 bridgehead atoms. The van der Waals surface area contributed by atoms with Crippen molar-refractivity contribution < 1.29 is 0 Å². The van der Waals surface area contributed by atoms with Gasteiger partial charge in [-0.1, -0.05) is 12.8 Å². The van der Waals surface area contributed by atoms with Crippen LogP contribution in [0.5, 0.6) is 0 Å². The van der Waals surface area contributed by atoms with Gasteiger partial charge in [-0.3, -0.25) is 11.7 Å². The van der Waals surface area contributed by atoms with Crippen LogP contribution in [0.25, 0.3) is 0 Å². The van der Waals surface area contributed by atoms with Crippen molar-refractivity contribution in [2.24, 2.45) is 11.7 Å². The Kier molecular flexibility index (Phi) is 8.43. The maximum atomic E-state index is 6.47. The summed E-state index contributed by atoms with van der Waals surface area (Å²) in [5.41, 5.74) is 0.390. The van der Waals surface area contributed by atoms with Gasteiger partial charge >= 0.3 is 0 Å². The van der Waals surface area contributed by atoms with E-state index in [1.165, 1.54) is 25.7 Å². The van der Waals surface area contributed by atoms with E-state index in [1.807, 2.05) is 0 Å². The lowest BCUT2D eigenvalue weighted by Crippen LogP contribution is -2.66. The number of unbranched alkanes of at least 4 members (excludes halogenated alkanes) is 3. The lowest BCUT2D eigenvalue weighted by atomic mass is 9.78. The highest BCUT2D eigenvalue weighted by Crippen LogP contribution is 2.35. The molecule has 2 heterocycles. The minimum atomic E-state index is 0.0434. The molecular formula is C24H52N6. The van der Waals surface area contributed by atoms with Crippen LogP contribution in [-0.4, -0.2) is 57.3 Å². The smallest absolute Gasteiger partial charge is 0.0316 e. The van der Waals surface area contributed by atoms with Gasteiger partial charge in [-0.25, -0.2) is 10.0 Å². The molecule has 0 amide bonds. The van der Waals surface area contributed by atoms with Crippen molar-refractivity contribution in [3.8, 4) is 0 Å². The highest BCUT2D eigenvalue weighted by atomic mass is 15.5. The number of hydrogen-bond donors (Lipinski definition) is 4. The second-order valence-electron chi connectivity index (χ2n) is 12.7. The Morgan fingerprint density at radius 2 is 1.33 bits per heavy atom. The zero-order valence-electron chi connectivity index (χ0n) is 21.3. The molecule has 2 fully saturated rings. The Morgan fingerprint density at radius 3 is 1.87 bits per heavy atom. The van der Waals surface area contributed by atoms with Crippen LogP contribution in [0.4, 0.5) is 0 Å². The summed E-state index contributed by atoms with van der Waals surface area (Å²) in [5.74, 6) is 12.8. The van der Waals surface area contributed by atoms with E-state index in [-0.39, 0.29) is 22.2 Å². The normalized spacial score (nSPS) is 26.9. The Labute approximate surface area is 186 Å². The Balaban J connectivity index is 1.61. The first-order valence-electron chi connectivity index (χ1n) is 12.2.